The second-order valence-electron chi connectivity index (χ2n) is 5.72. The van der Waals surface area contributed by atoms with Gasteiger partial charge in [0, 0.05) is 0 Å². The smallest absolute Gasteiger partial charge is 0.0843 e. The van der Waals surface area contributed by atoms with Crippen LogP contribution in [-0.2, 0) is 5.60 Å². The average Bonchev–Trinajstić information content (AvgIpc) is 2.29. The quantitative estimate of drug-likeness (QED) is 0.849. The van der Waals surface area contributed by atoms with Gasteiger partial charge >= 0.3 is 0 Å². The van der Waals surface area contributed by atoms with Crippen molar-refractivity contribution in [1.82, 2.24) is 4.90 Å². The number of hydrogen-bond donors (Lipinski definition) is 1. The van der Waals surface area contributed by atoms with Gasteiger partial charge in [0.2, 0.25) is 0 Å². The number of aliphatic hydroxyl groups is 1. The molecule has 0 atom stereocenters. The normalized spacial score (nSPS) is 19.5. The number of rotatable bonds is 2. The molecule has 0 amide bonds. The van der Waals surface area contributed by atoms with Gasteiger partial charge in [0.25, 0.3) is 0 Å². The molecule has 1 aliphatic rings. The monoisotopic (exact) mass is 233 g/mol. The molecule has 0 spiro atoms. The molecule has 2 heteroatoms. The lowest BCUT2D eigenvalue weighted by Gasteiger charge is -2.32. The number of hydrogen-bond acceptors (Lipinski definition) is 2. The maximum Gasteiger partial charge on any atom is 0.0843 e. The topological polar surface area (TPSA) is 23.5 Å². The van der Waals surface area contributed by atoms with Crippen LogP contribution in [0.2, 0.25) is 0 Å². The number of nitrogens with zero attached hydrogens (tertiary/aromatic N) is 1. The van der Waals surface area contributed by atoms with E-state index < -0.39 is 5.60 Å². The molecule has 17 heavy (non-hydrogen) atoms. The molecule has 0 saturated carbocycles. The summed E-state index contributed by atoms with van der Waals surface area (Å²) in [4.78, 5) is 2.38. The summed E-state index contributed by atoms with van der Waals surface area (Å²) < 4.78 is 0. The number of piperidine rings is 1. The van der Waals surface area contributed by atoms with Crippen molar-refractivity contribution in [2.24, 2.45) is 0 Å². The summed E-state index contributed by atoms with van der Waals surface area (Å²) in [5.41, 5.74) is 1.70. The lowest BCUT2D eigenvalue weighted by molar-refractivity contribution is 0.0766. The Hall–Kier alpha value is -0.860. The maximum absolute atomic E-state index is 10.2. The fraction of sp³-hybridized carbons (Fsp3) is 0.600. The molecule has 1 fully saturated rings. The van der Waals surface area contributed by atoms with Gasteiger partial charge in [0.1, 0.15) is 0 Å². The minimum absolute atomic E-state index is 0.605. The van der Waals surface area contributed by atoms with Crippen LogP contribution in [0.3, 0.4) is 0 Å². The van der Waals surface area contributed by atoms with Crippen LogP contribution in [-0.4, -0.2) is 30.1 Å². The first-order chi connectivity index (χ1) is 7.98. The third-order valence-corrected chi connectivity index (χ3v) is 3.78. The highest BCUT2D eigenvalue weighted by Gasteiger charge is 2.25. The minimum atomic E-state index is -0.736. The third kappa shape index (κ3) is 2.88. The Morgan fingerprint density at radius 3 is 2.35 bits per heavy atom. The Balaban J connectivity index is 2.26. The van der Waals surface area contributed by atoms with Crippen molar-refractivity contribution in [2.75, 3.05) is 20.1 Å². The molecule has 1 N–H and O–H groups in total. The molecule has 1 aliphatic heterocycles. The van der Waals surface area contributed by atoms with Crippen LogP contribution in [0.25, 0.3) is 0 Å². The second-order valence-corrected chi connectivity index (χ2v) is 5.72. The largest absolute Gasteiger partial charge is 0.386 e. The zero-order valence-corrected chi connectivity index (χ0v) is 11.1. The van der Waals surface area contributed by atoms with E-state index in [1.165, 1.54) is 18.4 Å². The average molecular weight is 233 g/mol. The van der Waals surface area contributed by atoms with Crippen molar-refractivity contribution in [3.63, 3.8) is 0 Å². The summed E-state index contributed by atoms with van der Waals surface area (Å²) >= 11 is 0. The van der Waals surface area contributed by atoms with Gasteiger partial charge in [0.15, 0.2) is 0 Å². The second kappa shape index (κ2) is 4.79. The number of benzene rings is 1. The van der Waals surface area contributed by atoms with Crippen molar-refractivity contribution >= 4 is 0 Å². The van der Waals surface area contributed by atoms with Gasteiger partial charge in [-0.1, -0.05) is 24.3 Å². The summed E-state index contributed by atoms with van der Waals surface area (Å²) in [6.07, 6.45) is 2.40. The van der Waals surface area contributed by atoms with E-state index in [9.17, 15) is 5.11 Å². The fourth-order valence-corrected chi connectivity index (χ4v) is 2.73. The Kier molecular flexibility index (Phi) is 3.55. The van der Waals surface area contributed by atoms with Gasteiger partial charge in [-0.2, -0.15) is 0 Å². The van der Waals surface area contributed by atoms with Crippen molar-refractivity contribution in [3.05, 3.63) is 35.4 Å². The molecule has 1 heterocycles. The van der Waals surface area contributed by atoms with Gasteiger partial charge in [-0.3, -0.25) is 0 Å². The third-order valence-electron chi connectivity index (χ3n) is 3.78. The molecular weight excluding hydrogens is 210 g/mol. The Labute approximate surface area is 104 Å². The van der Waals surface area contributed by atoms with Crippen LogP contribution >= 0.6 is 0 Å². The van der Waals surface area contributed by atoms with Crippen LogP contribution in [0, 0.1) is 0 Å². The van der Waals surface area contributed by atoms with Crippen molar-refractivity contribution < 1.29 is 5.11 Å². The highest BCUT2D eigenvalue weighted by Crippen LogP contribution is 2.34. The van der Waals surface area contributed by atoms with Crippen LogP contribution < -0.4 is 0 Å². The summed E-state index contributed by atoms with van der Waals surface area (Å²) in [7, 11) is 2.18. The van der Waals surface area contributed by atoms with Crippen molar-refractivity contribution in [1.29, 1.82) is 0 Å². The summed E-state index contributed by atoms with van der Waals surface area (Å²) in [6, 6.07) is 8.35. The van der Waals surface area contributed by atoms with Gasteiger partial charge in [-0.05, 0) is 63.9 Å². The molecule has 0 aromatic heterocycles. The predicted octanol–water partition coefficient (Wildman–Crippen LogP) is 2.72. The molecule has 1 saturated heterocycles. The first-order valence-corrected chi connectivity index (χ1v) is 6.49. The molecule has 1 aromatic carbocycles. The highest BCUT2D eigenvalue weighted by atomic mass is 16.3. The van der Waals surface area contributed by atoms with E-state index in [1.807, 2.05) is 19.9 Å². The molecule has 1 aromatic rings. The lowest BCUT2D eigenvalue weighted by atomic mass is 9.82. The van der Waals surface area contributed by atoms with Gasteiger partial charge < -0.3 is 10.0 Å². The van der Waals surface area contributed by atoms with E-state index in [2.05, 4.69) is 30.1 Å². The van der Waals surface area contributed by atoms with Crippen LogP contribution in [0.15, 0.2) is 24.3 Å². The van der Waals surface area contributed by atoms with E-state index in [-0.39, 0.29) is 0 Å². The molecule has 0 radical (unpaired) electrons. The SMILES string of the molecule is CN1CCC(c2ccccc2C(C)(C)O)CC1. The minimum Gasteiger partial charge on any atom is -0.386 e. The molecule has 0 unspecified atom stereocenters. The van der Waals surface area contributed by atoms with Gasteiger partial charge in [-0.25, -0.2) is 0 Å². The van der Waals surface area contributed by atoms with E-state index in [1.54, 1.807) is 0 Å². The lowest BCUT2D eigenvalue weighted by Crippen LogP contribution is -2.30. The van der Waals surface area contributed by atoms with Gasteiger partial charge in [-0.15, -0.1) is 0 Å². The van der Waals surface area contributed by atoms with E-state index in [0.717, 1.165) is 18.7 Å². The predicted molar refractivity (Wildman–Crippen MR) is 71.2 cm³/mol. The molecule has 2 nitrogen and oxygen atoms in total. The van der Waals surface area contributed by atoms with E-state index in [4.69, 9.17) is 0 Å². The maximum atomic E-state index is 10.2. The molecule has 0 aliphatic carbocycles. The fourth-order valence-electron chi connectivity index (χ4n) is 2.73. The molecule has 94 valence electrons. The van der Waals surface area contributed by atoms with E-state index in [0.29, 0.717) is 5.92 Å². The molecule has 0 bridgehead atoms. The first-order valence-electron chi connectivity index (χ1n) is 6.49. The Morgan fingerprint density at radius 2 is 1.76 bits per heavy atom. The Bertz CT molecular complexity index is 373. The van der Waals surface area contributed by atoms with Crippen molar-refractivity contribution in [2.45, 2.75) is 38.2 Å². The molecular formula is C15H23NO. The van der Waals surface area contributed by atoms with Crippen LogP contribution in [0.4, 0.5) is 0 Å². The van der Waals surface area contributed by atoms with E-state index >= 15 is 0 Å². The van der Waals surface area contributed by atoms with Crippen molar-refractivity contribution in [3.8, 4) is 0 Å². The summed E-state index contributed by atoms with van der Waals surface area (Å²) in [5, 5.41) is 10.2. The highest BCUT2D eigenvalue weighted by molar-refractivity contribution is 5.34. The zero-order chi connectivity index (χ0) is 12.5. The zero-order valence-electron chi connectivity index (χ0n) is 11.1. The van der Waals surface area contributed by atoms with Crippen LogP contribution in [0.1, 0.15) is 43.7 Å². The summed E-state index contributed by atoms with van der Waals surface area (Å²) in [6.45, 7) is 6.07. The Morgan fingerprint density at radius 1 is 1.18 bits per heavy atom. The standard InChI is InChI=1S/C15H23NO/c1-15(2,17)14-7-5-4-6-13(14)12-8-10-16(3)11-9-12/h4-7,12,17H,8-11H2,1-3H3. The first kappa shape index (κ1) is 12.6. The van der Waals surface area contributed by atoms with Crippen LogP contribution in [0.5, 0.6) is 0 Å². The number of likely N-dealkylation sites (tertiary alicyclic amines) is 1. The summed E-state index contributed by atoms with van der Waals surface area (Å²) in [5.74, 6) is 0.605. The van der Waals surface area contributed by atoms with Gasteiger partial charge in [0.05, 0.1) is 5.60 Å². The molecule has 2 rings (SSSR count).